The molecule has 2 N–H and O–H groups in total. The number of carbonyl (C=O) groups excluding carboxylic acids is 1. The van der Waals surface area contributed by atoms with Gasteiger partial charge >= 0.3 is 0 Å². The second-order valence-corrected chi connectivity index (χ2v) is 6.33. The Kier molecular flexibility index (Phi) is 6.55. The van der Waals surface area contributed by atoms with Crippen LogP contribution in [0.15, 0.2) is 47.1 Å². The van der Waals surface area contributed by atoms with Crippen molar-refractivity contribution < 1.29 is 4.79 Å². The third kappa shape index (κ3) is 6.00. The number of hydrogen-bond acceptors (Lipinski definition) is 4. The van der Waals surface area contributed by atoms with Crippen molar-refractivity contribution in [2.45, 2.75) is 6.42 Å². The molecule has 0 saturated carbocycles. The topological polar surface area (TPSA) is 57.3 Å². The van der Waals surface area contributed by atoms with Gasteiger partial charge in [0.25, 0.3) is 0 Å². The first-order valence-corrected chi connectivity index (χ1v) is 8.22. The molecule has 1 aromatic heterocycles. The van der Waals surface area contributed by atoms with Gasteiger partial charge < -0.3 is 15.5 Å². The van der Waals surface area contributed by atoms with Crippen LogP contribution >= 0.6 is 15.9 Å². The average molecular weight is 377 g/mol. The molecule has 5 nitrogen and oxygen atoms in total. The van der Waals surface area contributed by atoms with E-state index in [1.165, 1.54) is 0 Å². The van der Waals surface area contributed by atoms with E-state index < -0.39 is 0 Å². The van der Waals surface area contributed by atoms with E-state index in [4.69, 9.17) is 0 Å². The van der Waals surface area contributed by atoms with E-state index in [1.54, 1.807) is 6.20 Å². The summed E-state index contributed by atoms with van der Waals surface area (Å²) in [4.78, 5) is 18.5. The van der Waals surface area contributed by atoms with Crippen LogP contribution in [0, 0.1) is 0 Å². The van der Waals surface area contributed by atoms with Crippen LogP contribution in [0.2, 0.25) is 0 Å². The molecular formula is C17H21BrN4O. The number of nitrogens with zero attached hydrogens (tertiary/aromatic N) is 2. The third-order valence-electron chi connectivity index (χ3n) is 3.22. The molecule has 6 heteroatoms. The van der Waals surface area contributed by atoms with Gasteiger partial charge in [-0.3, -0.25) is 4.79 Å². The molecule has 0 radical (unpaired) electrons. The molecule has 0 aliphatic carbocycles. The lowest BCUT2D eigenvalue weighted by atomic mass is 10.1. The van der Waals surface area contributed by atoms with E-state index in [9.17, 15) is 4.79 Å². The first kappa shape index (κ1) is 17.4. The molecule has 122 valence electrons. The molecule has 23 heavy (non-hydrogen) atoms. The predicted molar refractivity (Wildman–Crippen MR) is 97.8 cm³/mol. The maximum Gasteiger partial charge on any atom is 0.228 e. The van der Waals surface area contributed by atoms with Gasteiger partial charge in [0.15, 0.2) is 0 Å². The standard InChI is InChI=1S/C17H21BrN4O/c1-22(2)10-9-19-16-8-7-14(12-20-16)21-17(23)11-13-5-3-4-6-15(13)18/h3-8,12H,9-11H2,1-2H3,(H,19,20)(H,21,23). The molecule has 0 atom stereocenters. The van der Waals surface area contributed by atoms with E-state index in [-0.39, 0.29) is 5.91 Å². The van der Waals surface area contributed by atoms with Crippen molar-refractivity contribution in [3.8, 4) is 0 Å². The lowest BCUT2D eigenvalue weighted by Crippen LogP contribution is -2.21. The van der Waals surface area contributed by atoms with E-state index in [1.807, 2.05) is 50.5 Å². The number of benzene rings is 1. The highest BCUT2D eigenvalue weighted by Gasteiger charge is 2.07. The Balaban J connectivity index is 1.85. The lowest BCUT2D eigenvalue weighted by Gasteiger charge is -2.11. The van der Waals surface area contributed by atoms with Gasteiger partial charge in [-0.15, -0.1) is 0 Å². The summed E-state index contributed by atoms with van der Waals surface area (Å²) >= 11 is 3.45. The molecule has 2 aromatic rings. The molecule has 2 rings (SSSR count). The van der Waals surface area contributed by atoms with Crippen LogP contribution in [0.1, 0.15) is 5.56 Å². The molecule has 1 aromatic carbocycles. The molecule has 0 unspecified atom stereocenters. The number of aromatic nitrogens is 1. The highest BCUT2D eigenvalue weighted by Crippen LogP contribution is 2.17. The van der Waals surface area contributed by atoms with Crippen molar-refractivity contribution in [1.82, 2.24) is 9.88 Å². The van der Waals surface area contributed by atoms with Gasteiger partial charge in [0.05, 0.1) is 18.3 Å². The maximum absolute atomic E-state index is 12.1. The fourth-order valence-electron chi connectivity index (χ4n) is 2.00. The van der Waals surface area contributed by atoms with E-state index in [0.717, 1.165) is 28.9 Å². The number of nitrogens with one attached hydrogen (secondary N) is 2. The molecule has 0 bridgehead atoms. The van der Waals surface area contributed by atoms with Crippen molar-refractivity contribution in [3.05, 3.63) is 52.6 Å². The first-order valence-electron chi connectivity index (χ1n) is 7.42. The minimum atomic E-state index is -0.0629. The van der Waals surface area contributed by atoms with Crippen LogP contribution in [0.25, 0.3) is 0 Å². The van der Waals surface area contributed by atoms with Gasteiger partial charge in [0.1, 0.15) is 5.82 Å². The Labute approximate surface area is 145 Å². The summed E-state index contributed by atoms with van der Waals surface area (Å²) in [6, 6.07) is 11.4. The lowest BCUT2D eigenvalue weighted by molar-refractivity contribution is -0.115. The van der Waals surface area contributed by atoms with Gasteiger partial charge in [-0.25, -0.2) is 4.98 Å². The van der Waals surface area contributed by atoms with Gasteiger partial charge in [-0.05, 0) is 37.9 Å². The SMILES string of the molecule is CN(C)CCNc1ccc(NC(=O)Cc2ccccc2Br)cn1. The smallest absolute Gasteiger partial charge is 0.228 e. The summed E-state index contributed by atoms with van der Waals surface area (Å²) in [5.74, 6) is 0.739. The molecule has 0 aliphatic heterocycles. The van der Waals surface area contributed by atoms with Gasteiger partial charge in [0.2, 0.25) is 5.91 Å². The zero-order valence-corrected chi connectivity index (χ0v) is 14.9. The van der Waals surface area contributed by atoms with Crippen LogP contribution in [0.3, 0.4) is 0 Å². The Morgan fingerprint density at radius 2 is 2.00 bits per heavy atom. The first-order chi connectivity index (χ1) is 11.0. The molecule has 0 aliphatic rings. The van der Waals surface area contributed by atoms with Crippen molar-refractivity contribution >= 4 is 33.3 Å². The quantitative estimate of drug-likeness (QED) is 0.779. The number of pyridine rings is 1. The van der Waals surface area contributed by atoms with Crippen LogP contribution in [0.5, 0.6) is 0 Å². The summed E-state index contributed by atoms with van der Waals surface area (Å²) in [7, 11) is 4.05. The Morgan fingerprint density at radius 3 is 2.65 bits per heavy atom. The molecule has 0 fully saturated rings. The zero-order valence-electron chi connectivity index (χ0n) is 13.3. The van der Waals surface area contributed by atoms with E-state index in [2.05, 4.69) is 36.4 Å². The third-order valence-corrected chi connectivity index (χ3v) is 3.99. The molecule has 1 heterocycles. The Hall–Kier alpha value is -1.92. The fraction of sp³-hybridized carbons (Fsp3) is 0.294. The average Bonchev–Trinajstić information content (AvgIpc) is 2.51. The summed E-state index contributed by atoms with van der Waals surface area (Å²) in [5, 5.41) is 6.09. The number of rotatable bonds is 7. The monoisotopic (exact) mass is 376 g/mol. The molecule has 0 saturated heterocycles. The molecule has 1 amide bonds. The van der Waals surface area contributed by atoms with Crippen LogP contribution in [0.4, 0.5) is 11.5 Å². The van der Waals surface area contributed by atoms with Gasteiger partial charge in [-0.1, -0.05) is 34.1 Å². The number of hydrogen-bond donors (Lipinski definition) is 2. The number of anilines is 2. The molecular weight excluding hydrogens is 356 g/mol. The van der Waals surface area contributed by atoms with Crippen molar-refractivity contribution in [2.75, 3.05) is 37.8 Å². The van der Waals surface area contributed by atoms with E-state index in [0.29, 0.717) is 12.1 Å². The van der Waals surface area contributed by atoms with Crippen molar-refractivity contribution in [2.24, 2.45) is 0 Å². The van der Waals surface area contributed by atoms with Crippen LogP contribution in [-0.4, -0.2) is 43.0 Å². The minimum Gasteiger partial charge on any atom is -0.369 e. The number of halogens is 1. The maximum atomic E-state index is 12.1. The van der Waals surface area contributed by atoms with Crippen molar-refractivity contribution in [3.63, 3.8) is 0 Å². The second kappa shape index (κ2) is 8.64. The summed E-state index contributed by atoms with van der Waals surface area (Å²) in [6.45, 7) is 1.76. The van der Waals surface area contributed by atoms with Crippen LogP contribution in [-0.2, 0) is 11.2 Å². The number of carbonyl (C=O) groups is 1. The summed E-state index contributed by atoms with van der Waals surface area (Å²) < 4.78 is 0.939. The van der Waals surface area contributed by atoms with Crippen molar-refractivity contribution in [1.29, 1.82) is 0 Å². The summed E-state index contributed by atoms with van der Waals surface area (Å²) in [5.41, 5.74) is 1.65. The predicted octanol–water partition coefficient (Wildman–Crippen LogP) is 3.00. The fourth-order valence-corrected chi connectivity index (χ4v) is 2.42. The minimum absolute atomic E-state index is 0.0629. The molecule has 0 spiro atoms. The highest BCUT2D eigenvalue weighted by atomic mass is 79.9. The Morgan fingerprint density at radius 1 is 1.22 bits per heavy atom. The largest absolute Gasteiger partial charge is 0.369 e. The Bertz CT molecular complexity index is 643. The summed E-state index contributed by atoms with van der Waals surface area (Å²) in [6.07, 6.45) is 1.99. The second-order valence-electron chi connectivity index (χ2n) is 5.48. The van der Waals surface area contributed by atoms with Crippen LogP contribution < -0.4 is 10.6 Å². The zero-order chi connectivity index (χ0) is 16.7. The van der Waals surface area contributed by atoms with Gasteiger partial charge in [0, 0.05) is 17.6 Å². The van der Waals surface area contributed by atoms with Gasteiger partial charge in [-0.2, -0.15) is 0 Å². The number of amides is 1. The number of likely N-dealkylation sites (N-methyl/N-ethyl adjacent to an activating group) is 1. The highest BCUT2D eigenvalue weighted by molar-refractivity contribution is 9.10. The van der Waals surface area contributed by atoms with E-state index >= 15 is 0 Å². The normalized spacial score (nSPS) is 10.6.